The van der Waals surface area contributed by atoms with Crippen molar-refractivity contribution in [1.82, 2.24) is 0 Å². The van der Waals surface area contributed by atoms with Crippen LogP contribution in [0.5, 0.6) is 11.5 Å². The number of unbranched alkanes of at least 4 members (excludes halogenated alkanes) is 2. The van der Waals surface area contributed by atoms with Gasteiger partial charge in [0.1, 0.15) is 17.8 Å². The van der Waals surface area contributed by atoms with Crippen LogP contribution in [0.2, 0.25) is 0 Å². The molecule has 30 heavy (non-hydrogen) atoms. The topological polar surface area (TPSA) is 46.5 Å². The molecule has 3 nitrogen and oxygen atoms in total. The Kier molecular flexibility index (Phi) is 6.68. The third-order valence-corrected chi connectivity index (χ3v) is 6.42. The van der Waals surface area contributed by atoms with Crippen LogP contribution in [0.3, 0.4) is 0 Å². The fourth-order valence-electron chi connectivity index (χ4n) is 4.93. The van der Waals surface area contributed by atoms with Gasteiger partial charge in [0.05, 0.1) is 6.61 Å². The van der Waals surface area contributed by atoms with Crippen LogP contribution < -0.4 is 4.74 Å². The zero-order valence-corrected chi connectivity index (χ0v) is 17.4. The number of hydrogen-bond donors (Lipinski definition) is 1. The van der Waals surface area contributed by atoms with Crippen LogP contribution >= 0.6 is 0 Å². The van der Waals surface area contributed by atoms with Crippen LogP contribution in [0, 0.1) is 11.8 Å². The Labute approximate surface area is 179 Å². The summed E-state index contributed by atoms with van der Waals surface area (Å²) in [4.78, 5) is 10.4. The highest BCUT2D eigenvalue weighted by Gasteiger charge is 2.35. The SMILES string of the molecule is O=CCCCCOc1ccc([C@@H]2c3ccc(O)cc3CC[C@@H]2C2C=CC=CC2)cc1. The molecule has 4 rings (SSSR count). The number of phenols is 1. The zero-order chi connectivity index (χ0) is 20.8. The number of ether oxygens (including phenoxy) is 1. The lowest BCUT2D eigenvalue weighted by atomic mass is 9.66. The van der Waals surface area contributed by atoms with Gasteiger partial charge in [-0.25, -0.2) is 0 Å². The van der Waals surface area contributed by atoms with E-state index in [2.05, 4.69) is 54.6 Å². The second-order valence-electron chi connectivity index (χ2n) is 8.36. The maximum Gasteiger partial charge on any atom is 0.119 e. The molecule has 2 aromatic rings. The first-order chi connectivity index (χ1) is 14.8. The number of hydrogen-bond acceptors (Lipinski definition) is 3. The maximum atomic E-state index is 10.4. The van der Waals surface area contributed by atoms with Crippen LogP contribution in [0.4, 0.5) is 0 Å². The van der Waals surface area contributed by atoms with Gasteiger partial charge in [0.15, 0.2) is 0 Å². The van der Waals surface area contributed by atoms with Gasteiger partial charge in [-0.05, 0) is 84.9 Å². The van der Waals surface area contributed by atoms with Crippen molar-refractivity contribution in [3.63, 3.8) is 0 Å². The average Bonchev–Trinajstić information content (AvgIpc) is 2.79. The van der Waals surface area contributed by atoms with Gasteiger partial charge < -0.3 is 14.6 Å². The van der Waals surface area contributed by atoms with E-state index in [9.17, 15) is 9.90 Å². The van der Waals surface area contributed by atoms with Crippen LogP contribution in [-0.4, -0.2) is 18.0 Å². The maximum absolute atomic E-state index is 10.4. The summed E-state index contributed by atoms with van der Waals surface area (Å²) >= 11 is 0. The molecule has 0 heterocycles. The van der Waals surface area contributed by atoms with E-state index in [0.29, 0.717) is 36.5 Å². The number of carbonyl (C=O) groups excluding carboxylic acids is 1. The molecule has 0 spiro atoms. The minimum absolute atomic E-state index is 0.317. The first-order valence-corrected chi connectivity index (χ1v) is 11.1. The number of aromatic hydroxyl groups is 1. The molecule has 0 fully saturated rings. The van der Waals surface area contributed by atoms with Gasteiger partial charge in [0, 0.05) is 12.3 Å². The summed E-state index contributed by atoms with van der Waals surface area (Å²) in [6.45, 7) is 0.639. The lowest BCUT2D eigenvalue weighted by Gasteiger charge is -2.38. The average molecular weight is 403 g/mol. The Morgan fingerprint density at radius 1 is 1.07 bits per heavy atom. The quantitative estimate of drug-likeness (QED) is 0.437. The molecule has 2 aliphatic carbocycles. The van der Waals surface area contributed by atoms with E-state index in [-0.39, 0.29) is 0 Å². The van der Waals surface area contributed by atoms with E-state index < -0.39 is 0 Å². The van der Waals surface area contributed by atoms with Gasteiger partial charge in [-0.15, -0.1) is 0 Å². The van der Waals surface area contributed by atoms with Crippen LogP contribution in [-0.2, 0) is 11.2 Å². The molecule has 3 atom stereocenters. The van der Waals surface area contributed by atoms with Crippen molar-refractivity contribution in [1.29, 1.82) is 0 Å². The summed E-state index contributed by atoms with van der Waals surface area (Å²) in [5, 5.41) is 9.98. The third kappa shape index (κ3) is 4.67. The van der Waals surface area contributed by atoms with E-state index in [1.807, 2.05) is 12.1 Å². The van der Waals surface area contributed by atoms with Crippen molar-refractivity contribution in [2.45, 2.75) is 44.4 Å². The van der Waals surface area contributed by atoms with Crippen molar-refractivity contribution < 1.29 is 14.6 Å². The molecule has 0 aliphatic heterocycles. The monoisotopic (exact) mass is 402 g/mol. The van der Waals surface area contributed by atoms with Gasteiger partial charge in [-0.2, -0.15) is 0 Å². The van der Waals surface area contributed by atoms with Gasteiger partial charge in [-0.1, -0.05) is 42.5 Å². The number of rotatable bonds is 8. The van der Waals surface area contributed by atoms with E-state index in [1.54, 1.807) is 0 Å². The highest BCUT2D eigenvalue weighted by Crippen LogP contribution is 2.46. The van der Waals surface area contributed by atoms with Crippen LogP contribution in [0.15, 0.2) is 66.8 Å². The molecular weight excluding hydrogens is 372 g/mol. The van der Waals surface area contributed by atoms with Gasteiger partial charge in [0.25, 0.3) is 0 Å². The Bertz CT molecular complexity index is 910. The lowest BCUT2D eigenvalue weighted by Crippen LogP contribution is -2.27. The van der Waals surface area contributed by atoms with Crippen molar-refractivity contribution in [3.8, 4) is 11.5 Å². The molecule has 0 saturated carbocycles. The predicted molar refractivity (Wildman–Crippen MR) is 120 cm³/mol. The summed E-state index contributed by atoms with van der Waals surface area (Å²) in [6, 6.07) is 14.4. The van der Waals surface area contributed by atoms with Crippen LogP contribution in [0.25, 0.3) is 0 Å². The smallest absolute Gasteiger partial charge is 0.119 e. The first kappa shape index (κ1) is 20.5. The second kappa shape index (κ2) is 9.80. The summed E-state index contributed by atoms with van der Waals surface area (Å²) in [6.07, 6.45) is 15.5. The third-order valence-electron chi connectivity index (χ3n) is 6.42. The minimum Gasteiger partial charge on any atom is -0.508 e. The lowest BCUT2D eigenvalue weighted by molar-refractivity contribution is -0.107. The molecule has 2 aliphatic rings. The number of aryl methyl sites for hydroxylation is 1. The zero-order valence-electron chi connectivity index (χ0n) is 17.4. The molecule has 0 aromatic heterocycles. The molecule has 0 saturated heterocycles. The fraction of sp³-hybridized carbons (Fsp3) is 0.370. The number of benzene rings is 2. The number of carbonyl (C=O) groups is 1. The van der Waals surface area contributed by atoms with Gasteiger partial charge in [-0.3, -0.25) is 0 Å². The number of fused-ring (bicyclic) bond motifs is 1. The summed E-state index contributed by atoms with van der Waals surface area (Å²) in [5.74, 6) is 2.62. The summed E-state index contributed by atoms with van der Waals surface area (Å²) in [7, 11) is 0. The molecule has 3 heteroatoms. The number of aldehydes is 1. The molecule has 0 amide bonds. The molecule has 1 N–H and O–H groups in total. The van der Waals surface area contributed by atoms with Crippen LogP contribution in [0.1, 0.15) is 54.7 Å². The van der Waals surface area contributed by atoms with E-state index in [4.69, 9.17) is 4.74 Å². The Morgan fingerprint density at radius 2 is 1.93 bits per heavy atom. The van der Waals surface area contributed by atoms with Gasteiger partial charge in [0.2, 0.25) is 0 Å². The largest absolute Gasteiger partial charge is 0.508 e. The Balaban J connectivity index is 1.56. The molecule has 0 bridgehead atoms. The van der Waals surface area contributed by atoms with E-state index in [1.165, 1.54) is 16.7 Å². The Hall–Kier alpha value is -2.81. The molecule has 1 unspecified atom stereocenters. The second-order valence-corrected chi connectivity index (χ2v) is 8.36. The molecule has 156 valence electrons. The van der Waals surface area contributed by atoms with Crippen molar-refractivity contribution >= 4 is 6.29 Å². The van der Waals surface area contributed by atoms with E-state index in [0.717, 1.165) is 44.1 Å². The highest BCUT2D eigenvalue weighted by molar-refractivity contribution is 5.49. The Morgan fingerprint density at radius 3 is 2.70 bits per heavy atom. The standard InChI is InChI=1S/C27H30O3/c28-17-5-2-6-18-30-24-13-9-21(10-14-24)27-25(20-7-3-1-4-8-20)15-11-22-19-23(29)12-16-26(22)27/h1,3-4,7,9-10,12-14,16-17,19-20,25,27,29H,2,5-6,8,11,15,18H2/t20?,25-,27+/m1/s1. The normalized spacial score (nSPS) is 22.5. The van der Waals surface area contributed by atoms with Crippen molar-refractivity contribution in [3.05, 3.63) is 83.5 Å². The first-order valence-electron chi connectivity index (χ1n) is 11.1. The van der Waals surface area contributed by atoms with E-state index >= 15 is 0 Å². The van der Waals surface area contributed by atoms with Crippen molar-refractivity contribution in [2.75, 3.05) is 6.61 Å². The molecular formula is C27H30O3. The minimum atomic E-state index is 0.317. The number of phenolic OH excluding ortho intramolecular Hbond substituents is 1. The highest BCUT2D eigenvalue weighted by atomic mass is 16.5. The molecule has 2 aromatic carbocycles. The van der Waals surface area contributed by atoms with Crippen molar-refractivity contribution in [2.24, 2.45) is 11.8 Å². The predicted octanol–water partition coefficient (Wildman–Crippen LogP) is 5.97. The number of allylic oxidation sites excluding steroid dienone is 4. The summed E-state index contributed by atoms with van der Waals surface area (Å²) in [5.41, 5.74) is 3.92. The molecule has 0 radical (unpaired) electrons. The summed E-state index contributed by atoms with van der Waals surface area (Å²) < 4.78 is 5.85. The van der Waals surface area contributed by atoms with Gasteiger partial charge >= 0.3 is 0 Å². The fourth-order valence-corrected chi connectivity index (χ4v) is 4.93.